The van der Waals surface area contributed by atoms with E-state index in [0.717, 1.165) is 23.4 Å². The molecule has 0 aliphatic carbocycles. The lowest BCUT2D eigenvalue weighted by molar-refractivity contribution is 0.0919. The van der Waals surface area contributed by atoms with Gasteiger partial charge in [0.15, 0.2) is 0 Å². The molecular formula is C32H41ClN6O4S. The van der Waals surface area contributed by atoms with Crippen molar-refractivity contribution in [3.63, 3.8) is 0 Å². The fraction of sp³-hybridized carbons (Fsp3) is 0.406. The molecule has 0 radical (unpaired) electrons. The fourth-order valence-corrected chi connectivity index (χ4v) is 6.63. The highest BCUT2D eigenvalue weighted by molar-refractivity contribution is 7.90. The molecule has 2 aromatic carbocycles. The van der Waals surface area contributed by atoms with E-state index in [1.165, 1.54) is 12.6 Å². The quantitative estimate of drug-likeness (QED) is 0.197. The Bertz CT molecular complexity index is 1650. The third-order valence-corrected chi connectivity index (χ3v) is 8.19. The van der Waals surface area contributed by atoms with Gasteiger partial charge >= 0.3 is 0 Å². The number of fused-ring (bicyclic) bond motifs is 1. The number of hydrogen-bond donors (Lipinski definition) is 4. The van der Waals surface area contributed by atoms with Crippen LogP contribution in [-0.4, -0.2) is 61.5 Å². The maximum absolute atomic E-state index is 12.6. The van der Waals surface area contributed by atoms with E-state index in [1.54, 1.807) is 36.4 Å². The molecule has 0 spiro atoms. The van der Waals surface area contributed by atoms with Crippen LogP contribution in [0.3, 0.4) is 0 Å². The summed E-state index contributed by atoms with van der Waals surface area (Å²) in [6.07, 6.45) is 5.63. The summed E-state index contributed by atoms with van der Waals surface area (Å²) >= 11 is 6.61. The van der Waals surface area contributed by atoms with Gasteiger partial charge in [0.1, 0.15) is 39.3 Å². The van der Waals surface area contributed by atoms with Gasteiger partial charge in [-0.1, -0.05) is 37.1 Å². The zero-order chi connectivity index (χ0) is 32.1. The van der Waals surface area contributed by atoms with Crippen molar-refractivity contribution in [3.05, 3.63) is 70.5 Å². The highest BCUT2D eigenvalue weighted by atomic mass is 35.5. The molecule has 0 fully saturated rings. The Morgan fingerprint density at radius 2 is 1.86 bits per heavy atom. The molecule has 1 aliphatic heterocycles. The van der Waals surface area contributed by atoms with Gasteiger partial charge in [-0.3, -0.25) is 4.79 Å². The molecule has 0 atom stereocenters. The SMILES string of the molecule is CC(C)(CNCC1=Cc2c(ncnc2Nc2ccc(Oc3cccc(C(=O)NC(C)(C)C)c3)c(Cl)c2)NCC1)CS(C)(=O)=O. The number of anilines is 3. The van der Waals surface area contributed by atoms with Crippen LogP contribution in [0.2, 0.25) is 5.02 Å². The normalized spacial score (nSPS) is 13.7. The zero-order valence-corrected chi connectivity index (χ0v) is 27.6. The van der Waals surface area contributed by atoms with Crippen molar-refractivity contribution in [2.45, 2.75) is 46.6 Å². The fourth-order valence-electron chi connectivity index (χ4n) is 4.89. The molecule has 44 heavy (non-hydrogen) atoms. The highest BCUT2D eigenvalue weighted by Gasteiger charge is 2.23. The lowest BCUT2D eigenvalue weighted by Gasteiger charge is -2.24. The van der Waals surface area contributed by atoms with Gasteiger partial charge in [0.25, 0.3) is 5.91 Å². The molecule has 12 heteroatoms. The van der Waals surface area contributed by atoms with Crippen molar-refractivity contribution >= 4 is 50.7 Å². The minimum Gasteiger partial charge on any atom is -0.456 e. The van der Waals surface area contributed by atoms with Crippen LogP contribution < -0.4 is 26.0 Å². The molecule has 4 rings (SSSR count). The van der Waals surface area contributed by atoms with E-state index in [9.17, 15) is 13.2 Å². The number of benzene rings is 2. The maximum atomic E-state index is 12.6. The van der Waals surface area contributed by atoms with Crippen molar-refractivity contribution in [2.24, 2.45) is 5.41 Å². The van der Waals surface area contributed by atoms with Gasteiger partial charge in [0.2, 0.25) is 0 Å². The summed E-state index contributed by atoms with van der Waals surface area (Å²) in [5.41, 5.74) is 2.42. The number of sulfone groups is 1. The van der Waals surface area contributed by atoms with Crippen molar-refractivity contribution in [1.29, 1.82) is 0 Å². The average Bonchev–Trinajstić information content (AvgIpc) is 3.11. The predicted molar refractivity (Wildman–Crippen MR) is 178 cm³/mol. The number of amides is 1. The second-order valence-electron chi connectivity index (χ2n) is 12.9. The van der Waals surface area contributed by atoms with Crippen LogP contribution in [0.15, 0.2) is 54.4 Å². The molecule has 10 nitrogen and oxygen atoms in total. The topological polar surface area (TPSA) is 134 Å². The number of aromatic nitrogens is 2. The van der Waals surface area contributed by atoms with Gasteiger partial charge in [-0.2, -0.15) is 0 Å². The van der Waals surface area contributed by atoms with Crippen LogP contribution in [0.25, 0.3) is 6.08 Å². The third-order valence-electron chi connectivity index (χ3n) is 6.59. The van der Waals surface area contributed by atoms with Crippen LogP contribution in [-0.2, 0) is 9.84 Å². The molecule has 236 valence electrons. The minimum atomic E-state index is -3.07. The maximum Gasteiger partial charge on any atom is 0.251 e. The summed E-state index contributed by atoms with van der Waals surface area (Å²) in [7, 11) is -3.07. The number of hydrogen-bond acceptors (Lipinski definition) is 9. The lowest BCUT2D eigenvalue weighted by Crippen LogP contribution is -2.40. The Morgan fingerprint density at radius 1 is 1.09 bits per heavy atom. The monoisotopic (exact) mass is 640 g/mol. The molecule has 1 aromatic heterocycles. The van der Waals surface area contributed by atoms with E-state index in [-0.39, 0.29) is 22.6 Å². The standard InChI is InChI=1S/C32H41ClN6O4S/c1-31(2,3)39-30(40)22-8-7-9-24(15-22)43-27-11-10-23(16-26(27)33)38-29-25-14-21(12-13-35-28(25)36-20-37-29)17-34-18-32(4,5)19-44(6,41)42/h7-11,14-16,20,34H,12-13,17-19H2,1-6H3,(H,39,40)(H2,35,36,37,38). The number of ether oxygens (including phenoxy) is 1. The summed E-state index contributed by atoms with van der Waals surface area (Å²) in [4.78, 5) is 21.5. The summed E-state index contributed by atoms with van der Waals surface area (Å²) < 4.78 is 29.6. The second-order valence-corrected chi connectivity index (χ2v) is 15.5. The molecule has 0 saturated carbocycles. The van der Waals surface area contributed by atoms with Crippen LogP contribution in [0.5, 0.6) is 11.5 Å². The van der Waals surface area contributed by atoms with E-state index >= 15 is 0 Å². The molecule has 0 saturated heterocycles. The Kier molecular flexibility index (Phi) is 10.2. The summed E-state index contributed by atoms with van der Waals surface area (Å²) in [5.74, 6) is 2.20. The Hall–Kier alpha value is -3.67. The average molecular weight is 641 g/mol. The molecule has 0 bridgehead atoms. The number of carbonyl (C=O) groups is 1. The molecule has 1 amide bonds. The van der Waals surface area contributed by atoms with Crippen LogP contribution >= 0.6 is 11.6 Å². The number of halogens is 1. The Balaban J connectivity index is 1.46. The van der Waals surface area contributed by atoms with Gasteiger partial charge in [-0.15, -0.1) is 0 Å². The molecule has 3 aromatic rings. The number of carbonyl (C=O) groups excluding carboxylic acids is 1. The van der Waals surface area contributed by atoms with Gasteiger partial charge < -0.3 is 26.0 Å². The summed E-state index contributed by atoms with van der Waals surface area (Å²) in [6.45, 7) is 11.6. The predicted octanol–water partition coefficient (Wildman–Crippen LogP) is 6.05. The van der Waals surface area contributed by atoms with Gasteiger partial charge in [-0.05, 0) is 75.1 Å². The van der Waals surface area contributed by atoms with Gasteiger partial charge in [0.05, 0.1) is 16.3 Å². The van der Waals surface area contributed by atoms with E-state index in [4.69, 9.17) is 16.3 Å². The molecule has 1 aliphatic rings. The zero-order valence-electron chi connectivity index (χ0n) is 26.0. The number of nitrogens with zero attached hydrogens (tertiary/aromatic N) is 2. The number of nitrogens with one attached hydrogen (secondary N) is 4. The first kappa shape index (κ1) is 33.2. The van der Waals surface area contributed by atoms with E-state index in [1.807, 2.05) is 40.7 Å². The smallest absolute Gasteiger partial charge is 0.251 e. The molecular weight excluding hydrogens is 600 g/mol. The second kappa shape index (κ2) is 13.5. The first-order valence-electron chi connectivity index (χ1n) is 14.4. The minimum absolute atomic E-state index is 0.117. The summed E-state index contributed by atoms with van der Waals surface area (Å²) in [5, 5.41) is 13.5. The Morgan fingerprint density at radius 3 is 2.57 bits per heavy atom. The lowest BCUT2D eigenvalue weighted by atomic mass is 9.96. The summed E-state index contributed by atoms with van der Waals surface area (Å²) in [6, 6.07) is 12.3. The van der Waals surface area contributed by atoms with Crippen molar-refractivity contribution in [1.82, 2.24) is 20.6 Å². The number of rotatable bonds is 11. The van der Waals surface area contributed by atoms with Crippen LogP contribution in [0.1, 0.15) is 57.0 Å². The van der Waals surface area contributed by atoms with Gasteiger partial charge in [-0.25, -0.2) is 18.4 Å². The van der Waals surface area contributed by atoms with Crippen LogP contribution in [0, 0.1) is 5.41 Å². The Labute approximate surface area is 265 Å². The van der Waals surface area contributed by atoms with Crippen molar-refractivity contribution in [3.8, 4) is 11.5 Å². The van der Waals surface area contributed by atoms with Crippen LogP contribution in [0.4, 0.5) is 17.3 Å². The largest absolute Gasteiger partial charge is 0.456 e. The first-order chi connectivity index (χ1) is 20.6. The van der Waals surface area contributed by atoms with Gasteiger partial charge in [0, 0.05) is 42.7 Å². The first-order valence-corrected chi connectivity index (χ1v) is 16.8. The van der Waals surface area contributed by atoms with E-state index in [2.05, 4.69) is 37.3 Å². The molecule has 0 unspecified atom stereocenters. The van der Waals surface area contributed by atoms with Crippen molar-refractivity contribution < 1.29 is 17.9 Å². The van der Waals surface area contributed by atoms with Crippen molar-refractivity contribution in [2.75, 3.05) is 42.3 Å². The molecule has 4 N–H and O–H groups in total. The highest BCUT2D eigenvalue weighted by Crippen LogP contribution is 2.34. The van der Waals surface area contributed by atoms with E-state index in [0.29, 0.717) is 53.2 Å². The third kappa shape index (κ3) is 9.93. The van der Waals surface area contributed by atoms with E-state index < -0.39 is 9.84 Å². The molecule has 2 heterocycles.